The van der Waals surface area contributed by atoms with Gasteiger partial charge in [-0.25, -0.2) is 18.4 Å². The quantitative estimate of drug-likeness (QED) is 0.333. The van der Waals surface area contributed by atoms with Gasteiger partial charge in [0.15, 0.2) is 0 Å². The summed E-state index contributed by atoms with van der Waals surface area (Å²) >= 11 is 0. The molecule has 0 aliphatic heterocycles. The minimum Gasteiger partial charge on any atom is -0.492 e. The fourth-order valence-corrected chi connectivity index (χ4v) is 4.32. The molecule has 0 aliphatic rings. The molecule has 3 aromatic carbocycles. The summed E-state index contributed by atoms with van der Waals surface area (Å²) in [5.74, 6) is 0.398. The molecule has 0 radical (unpaired) electrons. The highest BCUT2D eigenvalue weighted by Crippen LogP contribution is 2.22. The van der Waals surface area contributed by atoms with Crippen LogP contribution in [-0.4, -0.2) is 38.0 Å². The number of carbonyl (C=O) groups excluding carboxylic acids is 1. The van der Waals surface area contributed by atoms with Gasteiger partial charge in [0.25, 0.3) is 15.9 Å². The van der Waals surface area contributed by atoms with Gasteiger partial charge in [-0.1, -0.05) is 42.5 Å². The molecule has 1 heterocycles. The lowest BCUT2D eigenvalue weighted by molar-refractivity contribution is 0.102. The van der Waals surface area contributed by atoms with E-state index in [1.54, 1.807) is 24.3 Å². The highest BCUT2D eigenvalue weighted by Gasteiger charge is 2.17. The fourth-order valence-electron chi connectivity index (χ4n) is 3.32. The van der Waals surface area contributed by atoms with Crippen molar-refractivity contribution in [2.75, 3.05) is 23.8 Å². The molecule has 1 aromatic heterocycles. The van der Waals surface area contributed by atoms with Crippen LogP contribution in [0.5, 0.6) is 11.6 Å². The van der Waals surface area contributed by atoms with E-state index in [-0.39, 0.29) is 22.5 Å². The first kappa shape index (κ1) is 24.7. The molecule has 2 N–H and O–H groups in total. The van der Waals surface area contributed by atoms with Crippen molar-refractivity contribution in [1.29, 1.82) is 0 Å². The van der Waals surface area contributed by atoms with Gasteiger partial charge in [0.1, 0.15) is 17.9 Å². The van der Waals surface area contributed by atoms with Crippen LogP contribution in [0.2, 0.25) is 0 Å². The molecule has 10 heteroatoms. The molecule has 184 valence electrons. The smallest absolute Gasteiger partial charge is 0.263 e. The molecular weight excluding hydrogens is 480 g/mol. The van der Waals surface area contributed by atoms with Crippen LogP contribution in [0.15, 0.2) is 96.2 Å². The first-order valence-corrected chi connectivity index (χ1v) is 12.5. The van der Waals surface area contributed by atoms with Crippen molar-refractivity contribution in [2.45, 2.75) is 11.3 Å². The minimum absolute atomic E-state index is 0.00252. The Morgan fingerprint density at radius 2 is 1.64 bits per heavy atom. The van der Waals surface area contributed by atoms with Crippen molar-refractivity contribution in [3.63, 3.8) is 0 Å². The minimum atomic E-state index is -3.90. The number of aromatic nitrogens is 2. The van der Waals surface area contributed by atoms with Crippen LogP contribution in [0.3, 0.4) is 0 Å². The van der Waals surface area contributed by atoms with Crippen molar-refractivity contribution >= 4 is 27.4 Å². The molecule has 4 rings (SSSR count). The average Bonchev–Trinajstić information content (AvgIpc) is 2.90. The first-order chi connectivity index (χ1) is 17.4. The third-order valence-electron chi connectivity index (χ3n) is 5.14. The predicted octanol–water partition coefficient (Wildman–Crippen LogP) is 4.16. The number of benzene rings is 3. The third kappa shape index (κ3) is 6.36. The summed E-state index contributed by atoms with van der Waals surface area (Å²) in [7, 11) is -2.48. The highest BCUT2D eigenvalue weighted by molar-refractivity contribution is 7.92. The zero-order chi connectivity index (χ0) is 25.4. The second-order valence-corrected chi connectivity index (χ2v) is 9.29. The van der Waals surface area contributed by atoms with Crippen LogP contribution in [-0.2, 0) is 16.4 Å². The van der Waals surface area contributed by atoms with E-state index in [1.165, 1.54) is 43.8 Å². The topological polar surface area (TPSA) is 120 Å². The van der Waals surface area contributed by atoms with E-state index in [0.717, 1.165) is 5.56 Å². The van der Waals surface area contributed by atoms with E-state index >= 15 is 0 Å². The number of rotatable bonds is 10. The largest absolute Gasteiger partial charge is 0.492 e. The lowest BCUT2D eigenvalue weighted by Gasteiger charge is -2.12. The second-order valence-electron chi connectivity index (χ2n) is 7.61. The van der Waals surface area contributed by atoms with Crippen LogP contribution in [0, 0.1) is 0 Å². The molecule has 4 aromatic rings. The van der Waals surface area contributed by atoms with Gasteiger partial charge < -0.3 is 14.8 Å². The number of methoxy groups -OCH3 is 1. The van der Waals surface area contributed by atoms with Crippen LogP contribution < -0.4 is 19.5 Å². The van der Waals surface area contributed by atoms with E-state index in [1.807, 2.05) is 30.3 Å². The molecule has 0 atom stereocenters. The van der Waals surface area contributed by atoms with Gasteiger partial charge in [-0.15, -0.1) is 0 Å². The van der Waals surface area contributed by atoms with Crippen molar-refractivity contribution < 1.29 is 22.7 Å². The Morgan fingerprint density at radius 1 is 0.917 bits per heavy atom. The van der Waals surface area contributed by atoms with E-state index in [2.05, 4.69) is 20.0 Å². The third-order valence-corrected chi connectivity index (χ3v) is 6.51. The van der Waals surface area contributed by atoms with Gasteiger partial charge in [0.05, 0.1) is 24.2 Å². The van der Waals surface area contributed by atoms with Crippen molar-refractivity contribution in [3.8, 4) is 11.6 Å². The zero-order valence-corrected chi connectivity index (χ0v) is 20.2. The maximum atomic E-state index is 12.9. The number of nitrogens with one attached hydrogen (secondary N) is 2. The number of ether oxygens (including phenoxy) is 2. The van der Waals surface area contributed by atoms with Gasteiger partial charge >= 0.3 is 0 Å². The molecular formula is C26H24N4O5S. The Kier molecular flexibility index (Phi) is 7.76. The summed E-state index contributed by atoms with van der Waals surface area (Å²) < 4.78 is 38.6. The Balaban J connectivity index is 1.40. The number of hydrogen-bond acceptors (Lipinski definition) is 7. The SMILES string of the molecule is COc1cc(NS(=O)(=O)c2ccc(NC(=O)c3ccccc3OCCc3ccccc3)cc2)ncn1. The molecule has 0 bridgehead atoms. The van der Waals surface area contributed by atoms with E-state index in [9.17, 15) is 13.2 Å². The Labute approximate surface area is 209 Å². The molecule has 0 saturated carbocycles. The molecule has 0 fully saturated rings. The molecule has 9 nitrogen and oxygen atoms in total. The standard InChI is InChI=1S/C26H24N4O5S/c1-34-25-17-24(27-18-28-25)30-36(32,33)21-13-11-20(12-14-21)29-26(31)22-9-5-6-10-23(22)35-16-15-19-7-3-2-4-8-19/h2-14,17-18H,15-16H2,1H3,(H,29,31)(H,27,28,30). The maximum absolute atomic E-state index is 12.9. The van der Waals surface area contributed by atoms with Gasteiger partial charge in [0.2, 0.25) is 5.88 Å². The molecule has 0 aliphatic carbocycles. The monoisotopic (exact) mass is 504 g/mol. The number of amides is 1. The van der Waals surface area contributed by atoms with Crippen LogP contribution >= 0.6 is 0 Å². The maximum Gasteiger partial charge on any atom is 0.263 e. The lowest BCUT2D eigenvalue weighted by Crippen LogP contribution is -2.16. The van der Waals surface area contributed by atoms with E-state index < -0.39 is 10.0 Å². The fraction of sp³-hybridized carbons (Fsp3) is 0.115. The summed E-state index contributed by atoms with van der Waals surface area (Å²) in [5.41, 5.74) is 1.95. The van der Waals surface area contributed by atoms with Crippen molar-refractivity contribution in [1.82, 2.24) is 9.97 Å². The van der Waals surface area contributed by atoms with Crippen LogP contribution in [0.4, 0.5) is 11.5 Å². The van der Waals surface area contributed by atoms with Crippen molar-refractivity contribution in [2.24, 2.45) is 0 Å². The normalized spacial score (nSPS) is 10.9. The molecule has 1 amide bonds. The lowest BCUT2D eigenvalue weighted by atomic mass is 10.1. The average molecular weight is 505 g/mol. The van der Waals surface area contributed by atoms with Gasteiger partial charge in [-0.2, -0.15) is 0 Å². The zero-order valence-electron chi connectivity index (χ0n) is 19.4. The second kappa shape index (κ2) is 11.3. The van der Waals surface area contributed by atoms with Gasteiger partial charge in [-0.3, -0.25) is 9.52 Å². The number of anilines is 2. The van der Waals surface area contributed by atoms with E-state index in [0.29, 0.717) is 30.0 Å². The summed E-state index contributed by atoms with van der Waals surface area (Å²) in [4.78, 5) is 20.6. The molecule has 0 unspecified atom stereocenters. The number of hydrogen-bond donors (Lipinski definition) is 2. The first-order valence-electron chi connectivity index (χ1n) is 11.0. The summed E-state index contributed by atoms with van der Waals surface area (Å²) in [6.07, 6.45) is 1.90. The summed E-state index contributed by atoms with van der Waals surface area (Å²) in [5, 5.41) is 2.78. The van der Waals surface area contributed by atoms with Crippen LogP contribution in [0.1, 0.15) is 15.9 Å². The highest BCUT2D eigenvalue weighted by atomic mass is 32.2. The Bertz CT molecular complexity index is 1430. The van der Waals surface area contributed by atoms with Crippen LogP contribution in [0.25, 0.3) is 0 Å². The van der Waals surface area contributed by atoms with Crippen molar-refractivity contribution in [3.05, 3.63) is 102 Å². The summed E-state index contributed by atoms with van der Waals surface area (Å²) in [6.45, 7) is 0.423. The molecule has 0 spiro atoms. The Morgan fingerprint density at radius 3 is 2.39 bits per heavy atom. The van der Waals surface area contributed by atoms with Gasteiger partial charge in [-0.05, 0) is 42.0 Å². The number of para-hydroxylation sites is 1. The number of sulfonamides is 1. The number of carbonyl (C=O) groups is 1. The molecule has 36 heavy (non-hydrogen) atoms. The Hall–Kier alpha value is -4.44. The molecule has 0 saturated heterocycles. The van der Waals surface area contributed by atoms with Gasteiger partial charge in [0, 0.05) is 18.2 Å². The number of nitrogens with zero attached hydrogens (tertiary/aromatic N) is 2. The summed E-state index contributed by atoms with van der Waals surface area (Å²) in [6, 6.07) is 24.1. The van der Waals surface area contributed by atoms with E-state index in [4.69, 9.17) is 9.47 Å². The predicted molar refractivity (Wildman–Crippen MR) is 136 cm³/mol.